The van der Waals surface area contributed by atoms with Crippen molar-refractivity contribution in [3.05, 3.63) is 35.9 Å². The fourth-order valence-corrected chi connectivity index (χ4v) is 4.52. The van der Waals surface area contributed by atoms with Crippen LogP contribution in [0.25, 0.3) is 0 Å². The first-order valence-corrected chi connectivity index (χ1v) is 15.9. The minimum Gasteiger partial charge on any atom is -0.445 e. The summed E-state index contributed by atoms with van der Waals surface area (Å²) < 4.78 is 5.06. The van der Waals surface area contributed by atoms with Gasteiger partial charge in [-0.2, -0.15) is 0 Å². The van der Waals surface area contributed by atoms with Gasteiger partial charge in [0.2, 0.25) is 23.6 Å². The molecule has 5 amide bonds. The molecule has 1 rings (SSSR count). The monoisotopic (exact) mass is 664 g/mol. The molecule has 5 atom stereocenters. The van der Waals surface area contributed by atoms with Gasteiger partial charge in [0.15, 0.2) is 0 Å². The summed E-state index contributed by atoms with van der Waals surface area (Å²) >= 11 is 0. The number of amides is 5. The molecule has 47 heavy (non-hydrogen) atoms. The third-order valence-electron chi connectivity index (χ3n) is 6.96. The first kappa shape index (κ1) is 40.9. The van der Waals surface area contributed by atoms with Crippen LogP contribution in [0.5, 0.6) is 0 Å². The largest absolute Gasteiger partial charge is 0.445 e. The Morgan fingerprint density at radius 3 is 1.77 bits per heavy atom. The number of hydrogen-bond acceptors (Lipinski definition) is 10. The van der Waals surface area contributed by atoms with E-state index in [1.165, 1.54) is 0 Å². The van der Waals surface area contributed by atoms with Gasteiger partial charge in [-0.05, 0) is 56.0 Å². The maximum atomic E-state index is 13.4. The number of carbonyl (C=O) groups excluding carboxylic acids is 6. The Kier molecular flexibility index (Phi) is 19.6. The van der Waals surface area contributed by atoms with Crippen LogP contribution in [0.3, 0.4) is 0 Å². The van der Waals surface area contributed by atoms with E-state index in [4.69, 9.17) is 10.5 Å². The van der Waals surface area contributed by atoms with Crippen molar-refractivity contribution in [3.63, 3.8) is 0 Å². The van der Waals surface area contributed by atoms with Crippen LogP contribution in [0, 0.1) is 11.8 Å². The summed E-state index contributed by atoms with van der Waals surface area (Å²) in [6.07, 6.45) is 1.45. The van der Waals surface area contributed by atoms with Gasteiger partial charge in [-0.25, -0.2) is 4.79 Å². The molecule has 0 radical (unpaired) electrons. The van der Waals surface area contributed by atoms with E-state index < -0.39 is 73.1 Å². The number of carbonyl (C=O) groups is 6. The minimum absolute atomic E-state index is 0.00575. The van der Waals surface area contributed by atoms with Crippen molar-refractivity contribution in [1.82, 2.24) is 26.6 Å². The topological polar surface area (TPSA) is 238 Å². The van der Waals surface area contributed by atoms with E-state index in [1.807, 2.05) is 27.7 Å². The average Bonchev–Trinajstić information content (AvgIpc) is 3.03. The normalized spacial score (nSPS) is 14.2. The predicted molar refractivity (Wildman–Crippen MR) is 173 cm³/mol. The number of benzene rings is 1. The van der Waals surface area contributed by atoms with E-state index >= 15 is 0 Å². The van der Waals surface area contributed by atoms with E-state index in [0.29, 0.717) is 37.7 Å². The van der Waals surface area contributed by atoms with Gasteiger partial charge in [0.05, 0.1) is 19.3 Å². The molecule has 0 heterocycles. The summed E-state index contributed by atoms with van der Waals surface area (Å²) in [6.45, 7) is 6.10. The highest BCUT2D eigenvalue weighted by atomic mass is 16.5. The van der Waals surface area contributed by atoms with Gasteiger partial charge in [-0.15, -0.1) is 0 Å². The molecule has 1 aromatic rings. The van der Waals surface area contributed by atoms with Crippen LogP contribution >= 0.6 is 0 Å². The van der Waals surface area contributed by atoms with Gasteiger partial charge >= 0.3 is 6.09 Å². The van der Waals surface area contributed by atoms with Crippen LogP contribution in [-0.2, 0) is 35.3 Å². The molecule has 0 aliphatic carbocycles. The highest BCUT2D eigenvalue weighted by Gasteiger charge is 2.32. The Hall–Kier alpha value is -4.08. The number of aliphatic hydroxyl groups excluding tert-OH is 2. The van der Waals surface area contributed by atoms with Crippen LogP contribution < -0.4 is 32.3 Å². The van der Waals surface area contributed by atoms with Crippen molar-refractivity contribution < 1.29 is 43.7 Å². The van der Waals surface area contributed by atoms with E-state index in [1.54, 1.807) is 30.3 Å². The third-order valence-corrected chi connectivity index (χ3v) is 6.96. The molecule has 0 aliphatic heterocycles. The second-order valence-corrected chi connectivity index (χ2v) is 12.1. The second-order valence-electron chi connectivity index (χ2n) is 12.1. The Bertz CT molecular complexity index is 1140. The first-order chi connectivity index (χ1) is 22.3. The lowest BCUT2D eigenvalue weighted by Gasteiger charge is -2.27. The lowest BCUT2D eigenvalue weighted by Crippen LogP contribution is -2.59. The second kappa shape index (κ2) is 22.4. The van der Waals surface area contributed by atoms with Gasteiger partial charge in [0, 0.05) is 0 Å². The number of unbranched alkanes of at least 4 members (excludes halogenated alkanes) is 1. The number of rotatable bonds is 22. The molecular weight excluding hydrogens is 612 g/mol. The van der Waals surface area contributed by atoms with E-state index in [9.17, 15) is 39.0 Å². The smallest absolute Gasteiger partial charge is 0.408 e. The van der Waals surface area contributed by atoms with E-state index in [-0.39, 0.29) is 31.3 Å². The molecule has 0 bridgehead atoms. The number of aliphatic hydroxyl groups is 2. The molecule has 0 fully saturated rings. The fourth-order valence-electron chi connectivity index (χ4n) is 4.52. The van der Waals surface area contributed by atoms with Crippen molar-refractivity contribution >= 4 is 36.0 Å². The Morgan fingerprint density at radius 2 is 1.23 bits per heavy atom. The lowest BCUT2D eigenvalue weighted by atomic mass is 10.00. The quantitative estimate of drug-likeness (QED) is 0.0591. The highest BCUT2D eigenvalue weighted by Crippen LogP contribution is 2.10. The Balaban J connectivity index is 2.95. The summed E-state index contributed by atoms with van der Waals surface area (Å²) in [5, 5.41) is 31.9. The maximum absolute atomic E-state index is 13.4. The van der Waals surface area contributed by atoms with E-state index in [2.05, 4.69) is 26.6 Å². The Labute approximate surface area is 276 Å². The van der Waals surface area contributed by atoms with E-state index in [0.717, 1.165) is 0 Å². The molecule has 0 spiro atoms. The minimum atomic E-state index is -1.55. The molecular formula is C32H52N6O9. The van der Waals surface area contributed by atoms with Crippen molar-refractivity contribution in [1.29, 1.82) is 0 Å². The Morgan fingerprint density at radius 1 is 0.723 bits per heavy atom. The number of nitrogens with one attached hydrogen (secondary N) is 5. The number of aldehydes is 1. The number of alkyl carbamates (subject to hydrolysis) is 1. The van der Waals surface area contributed by atoms with Crippen LogP contribution in [0.15, 0.2) is 30.3 Å². The number of hydrogen-bond donors (Lipinski definition) is 8. The number of nitrogens with two attached hydrogens (primary N) is 1. The van der Waals surface area contributed by atoms with Crippen LogP contribution in [0.1, 0.15) is 65.4 Å². The van der Waals surface area contributed by atoms with Crippen molar-refractivity contribution in [2.24, 2.45) is 17.6 Å². The molecule has 1 aromatic carbocycles. The van der Waals surface area contributed by atoms with Crippen LogP contribution in [0.4, 0.5) is 4.79 Å². The molecule has 0 saturated heterocycles. The molecule has 15 heteroatoms. The zero-order valence-corrected chi connectivity index (χ0v) is 27.7. The molecule has 15 nitrogen and oxygen atoms in total. The summed E-state index contributed by atoms with van der Waals surface area (Å²) in [5.41, 5.74) is 6.30. The third kappa shape index (κ3) is 16.4. The zero-order chi connectivity index (χ0) is 35.4. The van der Waals surface area contributed by atoms with Gasteiger partial charge in [0.1, 0.15) is 37.1 Å². The van der Waals surface area contributed by atoms with Crippen molar-refractivity contribution in [2.45, 2.75) is 96.6 Å². The summed E-state index contributed by atoms with van der Waals surface area (Å²) in [4.78, 5) is 76.2. The molecule has 9 N–H and O–H groups in total. The fraction of sp³-hybridized carbons (Fsp3) is 0.625. The molecule has 0 unspecified atom stereocenters. The van der Waals surface area contributed by atoms with Gasteiger partial charge in [0.25, 0.3) is 0 Å². The summed E-state index contributed by atoms with van der Waals surface area (Å²) in [5.74, 6) is -2.98. The molecule has 264 valence electrons. The lowest BCUT2D eigenvalue weighted by molar-refractivity contribution is -0.135. The SMILES string of the molecule is CC(C)C[C@@H](C=O)NC(=O)[C@H](CC(C)C)NC(=O)[C@H](CCCCN)NC(=O)[C@H](CO)NC(=O)[C@H](CO)NC(=O)OCc1ccccc1. The summed E-state index contributed by atoms with van der Waals surface area (Å²) in [7, 11) is 0. The zero-order valence-electron chi connectivity index (χ0n) is 27.7. The van der Waals surface area contributed by atoms with Crippen LogP contribution in [-0.4, -0.2) is 96.2 Å². The average molecular weight is 665 g/mol. The predicted octanol–water partition coefficient (Wildman–Crippen LogP) is -0.375. The van der Waals surface area contributed by atoms with Crippen molar-refractivity contribution in [3.8, 4) is 0 Å². The van der Waals surface area contributed by atoms with Gasteiger partial charge < -0.3 is 52.1 Å². The number of ether oxygens (including phenoxy) is 1. The molecule has 0 aliphatic rings. The van der Waals surface area contributed by atoms with Gasteiger partial charge in [-0.1, -0.05) is 58.0 Å². The molecule has 0 saturated carbocycles. The maximum Gasteiger partial charge on any atom is 0.408 e. The van der Waals surface area contributed by atoms with Gasteiger partial charge in [-0.3, -0.25) is 19.2 Å². The molecule has 0 aromatic heterocycles. The standard InChI is InChI=1S/C32H52N6O9/c1-20(2)14-23(16-39)34-29(43)25(15-21(3)4)36-28(42)24(12-8-9-13-33)35-30(44)26(17-40)37-31(45)27(18-41)38-32(46)47-19-22-10-6-5-7-11-22/h5-7,10-11,16,20-21,23-27,40-41H,8-9,12-15,17-19,33H2,1-4H3,(H,34,43)(H,35,44)(H,36,42)(H,37,45)(H,38,46)/t23-,24-,25-,26-,27-/m0/s1. The highest BCUT2D eigenvalue weighted by molar-refractivity contribution is 5.95. The van der Waals surface area contributed by atoms with Crippen molar-refractivity contribution in [2.75, 3.05) is 19.8 Å². The first-order valence-electron chi connectivity index (χ1n) is 15.9. The summed E-state index contributed by atoms with van der Waals surface area (Å²) in [6, 6.07) is 2.80. The van der Waals surface area contributed by atoms with Crippen LogP contribution in [0.2, 0.25) is 0 Å².